The minimum Gasteiger partial charge on any atom is -0.492 e. The largest absolute Gasteiger partial charge is 0.492 e. The van der Waals surface area contributed by atoms with Gasteiger partial charge in [-0.3, -0.25) is 0 Å². The van der Waals surface area contributed by atoms with Crippen LogP contribution in [0, 0.1) is 6.92 Å². The van der Waals surface area contributed by atoms with E-state index in [2.05, 4.69) is 0 Å². The van der Waals surface area contributed by atoms with Crippen LogP contribution in [0.4, 0.5) is 4.79 Å². The average Bonchev–Trinajstić information content (AvgIpc) is 2.42. The fourth-order valence-electron chi connectivity index (χ4n) is 1.79. The van der Waals surface area contributed by atoms with Crippen molar-refractivity contribution in [3.8, 4) is 5.75 Å². The molecule has 1 N–H and O–H groups in total. The Morgan fingerprint density at radius 3 is 2.36 bits per heavy atom. The second kappa shape index (κ2) is 8.63. The fraction of sp³-hybridized carbons (Fsp3) is 0.588. The molecule has 0 bridgehead atoms. The van der Waals surface area contributed by atoms with Gasteiger partial charge in [0.2, 0.25) is 0 Å². The molecule has 0 aliphatic carbocycles. The number of amides is 1. The molecular formula is C17H27NO4. The number of hydrogen-bond donors (Lipinski definition) is 1. The minimum atomic E-state index is -0.535. The van der Waals surface area contributed by atoms with E-state index in [1.165, 1.54) is 5.56 Å². The van der Waals surface area contributed by atoms with Gasteiger partial charge in [-0.2, -0.15) is 0 Å². The predicted octanol–water partition coefficient (Wildman–Crippen LogP) is 2.99. The van der Waals surface area contributed by atoms with Gasteiger partial charge in [-0.15, -0.1) is 0 Å². The van der Waals surface area contributed by atoms with Crippen molar-refractivity contribution >= 4 is 6.09 Å². The highest BCUT2D eigenvalue weighted by molar-refractivity contribution is 5.68. The van der Waals surface area contributed by atoms with Crippen molar-refractivity contribution in [1.29, 1.82) is 0 Å². The quantitative estimate of drug-likeness (QED) is 0.841. The molecule has 0 aromatic heterocycles. The van der Waals surface area contributed by atoms with Crippen molar-refractivity contribution in [2.24, 2.45) is 0 Å². The first kappa shape index (κ1) is 18.3. The number of aliphatic hydroxyl groups is 1. The third kappa shape index (κ3) is 7.31. The van der Waals surface area contributed by atoms with E-state index in [0.717, 1.165) is 5.75 Å². The number of rotatable bonds is 7. The van der Waals surface area contributed by atoms with Crippen LogP contribution in [0.5, 0.6) is 5.75 Å². The van der Waals surface area contributed by atoms with E-state index in [1.807, 2.05) is 52.0 Å². The maximum atomic E-state index is 12.1. The van der Waals surface area contributed by atoms with E-state index in [1.54, 1.807) is 4.90 Å². The average molecular weight is 309 g/mol. The summed E-state index contributed by atoms with van der Waals surface area (Å²) in [7, 11) is 0. The zero-order valence-corrected chi connectivity index (χ0v) is 14.0. The highest BCUT2D eigenvalue weighted by Crippen LogP contribution is 2.13. The van der Waals surface area contributed by atoms with E-state index in [-0.39, 0.29) is 12.7 Å². The van der Waals surface area contributed by atoms with Gasteiger partial charge in [0.05, 0.1) is 6.54 Å². The normalized spacial score (nSPS) is 11.1. The second-order valence-corrected chi connectivity index (χ2v) is 6.21. The number of aryl methyl sites for hydroxylation is 1. The van der Waals surface area contributed by atoms with E-state index >= 15 is 0 Å². The van der Waals surface area contributed by atoms with E-state index in [4.69, 9.17) is 14.6 Å². The van der Waals surface area contributed by atoms with Gasteiger partial charge < -0.3 is 19.5 Å². The third-order valence-electron chi connectivity index (χ3n) is 2.89. The lowest BCUT2D eigenvalue weighted by Crippen LogP contribution is -2.39. The lowest BCUT2D eigenvalue weighted by Gasteiger charge is -2.27. The summed E-state index contributed by atoms with van der Waals surface area (Å²) >= 11 is 0. The van der Waals surface area contributed by atoms with Crippen molar-refractivity contribution in [3.63, 3.8) is 0 Å². The van der Waals surface area contributed by atoms with Crippen LogP contribution in [-0.4, -0.2) is 48.0 Å². The molecule has 1 aromatic rings. The second-order valence-electron chi connectivity index (χ2n) is 6.21. The molecule has 0 saturated heterocycles. The zero-order chi connectivity index (χ0) is 16.6. The summed E-state index contributed by atoms with van der Waals surface area (Å²) < 4.78 is 11.0. The first-order valence-electron chi connectivity index (χ1n) is 7.60. The number of ether oxygens (including phenoxy) is 2. The number of carbonyl (C=O) groups is 1. The molecule has 5 heteroatoms. The molecule has 0 unspecified atom stereocenters. The van der Waals surface area contributed by atoms with E-state index < -0.39 is 5.60 Å². The van der Waals surface area contributed by atoms with Crippen molar-refractivity contribution in [3.05, 3.63) is 29.8 Å². The summed E-state index contributed by atoms with van der Waals surface area (Å²) in [4.78, 5) is 13.7. The van der Waals surface area contributed by atoms with Gasteiger partial charge in [-0.1, -0.05) is 17.7 Å². The Morgan fingerprint density at radius 2 is 1.82 bits per heavy atom. The molecule has 124 valence electrons. The lowest BCUT2D eigenvalue weighted by atomic mass is 10.2. The Morgan fingerprint density at radius 1 is 1.18 bits per heavy atom. The topological polar surface area (TPSA) is 59.0 Å². The van der Waals surface area contributed by atoms with Crippen LogP contribution in [-0.2, 0) is 4.74 Å². The highest BCUT2D eigenvalue weighted by Gasteiger charge is 2.21. The summed E-state index contributed by atoms with van der Waals surface area (Å²) in [5.74, 6) is 0.775. The standard InChI is InChI=1S/C17H27NO4/c1-14-6-8-15(9-7-14)21-13-11-18(10-5-12-19)16(20)22-17(2,3)4/h6-9,19H,5,10-13H2,1-4H3. The fourth-order valence-corrected chi connectivity index (χ4v) is 1.79. The lowest BCUT2D eigenvalue weighted by molar-refractivity contribution is 0.0216. The van der Waals surface area contributed by atoms with E-state index in [9.17, 15) is 4.79 Å². The molecule has 22 heavy (non-hydrogen) atoms. The van der Waals surface area contributed by atoms with Crippen LogP contribution in [0.15, 0.2) is 24.3 Å². The number of benzene rings is 1. The highest BCUT2D eigenvalue weighted by atomic mass is 16.6. The van der Waals surface area contributed by atoms with Crippen LogP contribution in [0.2, 0.25) is 0 Å². The third-order valence-corrected chi connectivity index (χ3v) is 2.89. The Kier molecular flexibility index (Phi) is 7.18. The van der Waals surface area contributed by atoms with Gasteiger partial charge in [0.15, 0.2) is 0 Å². The summed E-state index contributed by atoms with van der Waals surface area (Å²) in [6, 6.07) is 7.77. The van der Waals surface area contributed by atoms with Crippen molar-refractivity contribution in [2.45, 2.75) is 39.7 Å². The Hall–Kier alpha value is -1.75. The predicted molar refractivity (Wildman–Crippen MR) is 86.2 cm³/mol. The number of aliphatic hydroxyl groups excluding tert-OH is 1. The molecule has 0 fully saturated rings. The van der Waals surface area contributed by atoms with Gasteiger partial charge in [0, 0.05) is 13.2 Å². The molecule has 0 atom stereocenters. The van der Waals surface area contributed by atoms with Crippen LogP contribution >= 0.6 is 0 Å². The minimum absolute atomic E-state index is 0.0398. The van der Waals surface area contributed by atoms with Gasteiger partial charge in [0.1, 0.15) is 18.0 Å². The first-order valence-corrected chi connectivity index (χ1v) is 7.60. The van der Waals surface area contributed by atoms with E-state index in [0.29, 0.717) is 26.1 Å². The molecule has 1 amide bonds. The van der Waals surface area contributed by atoms with Gasteiger partial charge in [-0.25, -0.2) is 4.79 Å². The van der Waals surface area contributed by atoms with Crippen LogP contribution < -0.4 is 4.74 Å². The van der Waals surface area contributed by atoms with Gasteiger partial charge >= 0.3 is 6.09 Å². The molecule has 0 aliphatic heterocycles. The Labute approximate surface area is 132 Å². The summed E-state index contributed by atoms with van der Waals surface area (Å²) in [6.45, 7) is 8.80. The summed E-state index contributed by atoms with van der Waals surface area (Å²) in [5.41, 5.74) is 0.637. The Balaban J connectivity index is 2.50. The van der Waals surface area contributed by atoms with Crippen LogP contribution in [0.25, 0.3) is 0 Å². The zero-order valence-electron chi connectivity index (χ0n) is 14.0. The van der Waals surface area contributed by atoms with Gasteiger partial charge in [0.25, 0.3) is 0 Å². The molecule has 0 aliphatic rings. The molecule has 0 radical (unpaired) electrons. The molecule has 5 nitrogen and oxygen atoms in total. The number of hydrogen-bond acceptors (Lipinski definition) is 4. The van der Waals surface area contributed by atoms with Crippen molar-refractivity contribution in [2.75, 3.05) is 26.3 Å². The summed E-state index contributed by atoms with van der Waals surface area (Å²) in [5, 5.41) is 8.95. The molecule has 0 saturated carbocycles. The molecule has 1 rings (SSSR count). The molecule has 0 spiro atoms. The van der Waals surface area contributed by atoms with Crippen molar-refractivity contribution in [1.82, 2.24) is 4.90 Å². The molecule has 0 heterocycles. The SMILES string of the molecule is Cc1ccc(OCCN(CCCO)C(=O)OC(C)(C)C)cc1. The first-order chi connectivity index (χ1) is 10.3. The maximum absolute atomic E-state index is 12.1. The smallest absolute Gasteiger partial charge is 0.410 e. The monoisotopic (exact) mass is 309 g/mol. The number of carbonyl (C=O) groups excluding carboxylic acids is 1. The molecular weight excluding hydrogens is 282 g/mol. The van der Waals surface area contributed by atoms with Gasteiger partial charge in [-0.05, 0) is 46.2 Å². The van der Waals surface area contributed by atoms with Crippen molar-refractivity contribution < 1.29 is 19.4 Å². The van der Waals surface area contributed by atoms with Crippen LogP contribution in [0.3, 0.4) is 0 Å². The van der Waals surface area contributed by atoms with Crippen LogP contribution in [0.1, 0.15) is 32.8 Å². The summed E-state index contributed by atoms with van der Waals surface area (Å²) in [6.07, 6.45) is 0.137. The molecule has 1 aromatic carbocycles. The Bertz CT molecular complexity index is 451. The maximum Gasteiger partial charge on any atom is 0.410 e. The number of nitrogens with zero attached hydrogens (tertiary/aromatic N) is 1.